The summed E-state index contributed by atoms with van der Waals surface area (Å²) in [4.78, 5) is 36.0. The van der Waals surface area contributed by atoms with Crippen LogP contribution in [0.4, 0.5) is 0 Å². The molecule has 0 spiro atoms. The Balaban J connectivity index is 2.78. The van der Waals surface area contributed by atoms with E-state index in [-0.39, 0.29) is 17.5 Å². The van der Waals surface area contributed by atoms with E-state index in [0.29, 0.717) is 50.4 Å². The zero-order chi connectivity index (χ0) is 24.4. The standard InChI is InChI=1S/C24H36O8/c1-23(2,21(26)29-6)13-9-15-31-17-11-8-12-18(19(17)20(25)28-5)32-16-10-14-24(3,4)22(27)30-7/h8,11-12H,9-10,13-16H2,1-7H3. The molecular weight excluding hydrogens is 416 g/mol. The Labute approximate surface area is 190 Å². The van der Waals surface area contributed by atoms with Crippen LogP contribution < -0.4 is 9.47 Å². The van der Waals surface area contributed by atoms with Crippen LogP contribution in [0, 0.1) is 10.8 Å². The Morgan fingerprint density at radius 2 is 1.12 bits per heavy atom. The average Bonchev–Trinajstić information content (AvgIpc) is 2.77. The third-order valence-corrected chi connectivity index (χ3v) is 5.26. The molecule has 1 aromatic rings. The Morgan fingerprint density at radius 1 is 0.719 bits per heavy atom. The fourth-order valence-electron chi connectivity index (χ4n) is 3.20. The first-order chi connectivity index (χ1) is 15.0. The normalized spacial score (nSPS) is 11.5. The topological polar surface area (TPSA) is 97.4 Å². The Kier molecular flexibility index (Phi) is 10.5. The third kappa shape index (κ3) is 7.73. The van der Waals surface area contributed by atoms with Gasteiger partial charge in [0.1, 0.15) is 17.1 Å². The van der Waals surface area contributed by atoms with E-state index in [1.807, 2.05) is 27.7 Å². The number of esters is 3. The molecule has 0 amide bonds. The van der Waals surface area contributed by atoms with Crippen molar-refractivity contribution >= 4 is 17.9 Å². The van der Waals surface area contributed by atoms with E-state index in [1.54, 1.807) is 18.2 Å². The van der Waals surface area contributed by atoms with Gasteiger partial charge in [-0.25, -0.2) is 4.79 Å². The first-order valence-corrected chi connectivity index (χ1v) is 10.6. The van der Waals surface area contributed by atoms with Crippen LogP contribution in [-0.4, -0.2) is 52.5 Å². The highest BCUT2D eigenvalue weighted by molar-refractivity contribution is 5.95. The van der Waals surface area contributed by atoms with Crippen molar-refractivity contribution in [1.82, 2.24) is 0 Å². The maximum Gasteiger partial charge on any atom is 0.345 e. The molecule has 0 aliphatic carbocycles. The van der Waals surface area contributed by atoms with Crippen LogP contribution in [-0.2, 0) is 23.8 Å². The van der Waals surface area contributed by atoms with Crippen molar-refractivity contribution in [3.05, 3.63) is 23.8 Å². The fourth-order valence-corrected chi connectivity index (χ4v) is 3.20. The minimum Gasteiger partial charge on any atom is -0.493 e. The number of rotatable bonds is 13. The second-order valence-electron chi connectivity index (χ2n) is 8.78. The molecule has 0 N–H and O–H groups in total. The lowest BCUT2D eigenvalue weighted by Gasteiger charge is -2.22. The lowest BCUT2D eigenvalue weighted by molar-refractivity contribution is -0.152. The zero-order valence-corrected chi connectivity index (χ0v) is 20.2. The monoisotopic (exact) mass is 452 g/mol. The van der Waals surface area contributed by atoms with Gasteiger partial charge in [0.05, 0.1) is 45.4 Å². The second-order valence-corrected chi connectivity index (χ2v) is 8.78. The van der Waals surface area contributed by atoms with Gasteiger partial charge in [0.2, 0.25) is 0 Å². The van der Waals surface area contributed by atoms with Crippen molar-refractivity contribution in [2.75, 3.05) is 34.5 Å². The molecule has 0 aromatic heterocycles. The summed E-state index contributed by atoms with van der Waals surface area (Å²) in [6.45, 7) is 7.87. The molecule has 8 heteroatoms. The summed E-state index contributed by atoms with van der Waals surface area (Å²) in [6, 6.07) is 5.07. The second kappa shape index (κ2) is 12.3. The molecule has 0 unspecified atom stereocenters. The van der Waals surface area contributed by atoms with Crippen LogP contribution in [0.15, 0.2) is 18.2 Å². The molecule has 32 heavy (non-hydrogen) atoms. The SMILES string of the molecule is COC(=O)c1c(OCCCC(C)(C)C(=O)OC)cccc1OCCCC(C)(C)C(=O)OC. The number of hydrogen-bond donors (Lipinski definition) is 0. The van der Waals surface area contributed by atoms with Crippen molar-refractivity contribution < 1.29 is 38.1 Å². The molecule has 0 fully saturated rings. The van der Waals surface area contributed by atoms with Gasteiger partial charge in [0.25, 0.3) is 0 Å². The van der Waals surface area contributed by atoms with Crippen molar-refractivity contribution in [2.45, 2.75) is 53.4 Å². The van der Waals surface area contributed by atoms with Gasteiger partial charge in [-0.3, -0.25) is 9.59 Å². The van der Waals surface area contributed by atoms with E-state index in [2.05, 4.69) is 0 Å². The maximum absolute atomic E-state index is 12.4. The predicted octanol–water partition coefficient (Wildman–Crippen LogP) is 4.19. The van der Waals surface area contributed by atoms with Gasteiger partial charge in [-0.1, -0.05) is 6.07 Å². The molecule has 0 saturated carbocycles. The highest BCUT2D eigenvalue weighted by atomic mass is 16.5. The van der Waals surface area contributed by atoms with Gasteiger partial charge in [0, 0.05) is 0 Å². The number of ether oxygens (including phenoxy) is 5. The van der Waals surface area contributed by atoms with E-state index < -0.39 is 16.8 Å². The maximum atomic E-state index is 12.4. The lowest BCUT2D eigenvalue weighted by Crippen LogP contribution is -2.26. The minimum absolute atomic E-state index is 0.203. The van der Waals surface area contributed by atoms with Crippen molar-refractivity contribution in [2.24, 2.45) is 10.8 Å². The molecule has 0 saturated heterocycles. The zero-order valence-electron chi connectivity index (χ0n) is 20.2. The first-order valence-electron chi connectivity index (χ1n) is 10.6. The van der Waals surface area contributed by atoms with Crippen molar-refractivity contribution in [3.63, 3.8) is 0 Å². The highest BCUT2D eigenvalue weighted by Crippen LogP contribution is 2.31. The largest absolute Gasteiger partial charge is 0.493 e. The fraction of sp³-hybridized carbons (Fsp3) is 0.625. The van der Waals surface area contributed by atoms with Gasteiger partial charge in [0.15, 0.2) is 0 Å². The smallest absolute Gasteiger partial charge is 0.345 e. The Hall–Kier alpha value is -2.77. The lowest BCUT2D eigenvalue weighted by atomic mass is 9.88. The summed E-state index contributed by atoms with van der Waals surface area (Å²) in [7, 11) is 4.02. The molecule has 1 rings (SSSR count). The van der Waals surface area contributed by atoms with E-state index in [0.717, 1.165) is 0 Å². The van der Waals surface area contributed by atoms with Crippen LogP contribution in [0.5, 0.6) is 11.5 Å². The van der Waals surface area contributed by atoms with Crippen molar-refractivity contribution in [3.8, 4) is 11.5 Å². The summed E-state index contributed by atoms with van der Waals surface area (Å²) in [5.41, 5.74) is -1.03. The molecule has 0 atom stereocenters. The van der Waals surface area contributed by atoms with Gasteiger partial charge < -0.3 is 23.7 Å². The quantitative estimate of drug-likeness (QED) is 0.250. The van der Waals surface area contributed by atoms with Gasteiger partial charge >= 0.3 is 17.9 Å². The van der Waals surface area contributed by atoms with Crippen molar-refractivity contribution in [1.29, 1.82) is 0 Å². The molecule has 0 heterocycles. The van der Waals surface area contributed by atoms with E-state index >= 15 is 0 Å². The summed E-state index contributed by atoms with van der Waals surface area (Å²) in [5, 5.41) is 0. The molecule has 180 valence electrons. The van der Waals surface area contributed by atoms with E-state index in [4.69, 9.17) is 23.7 Å². The van der Waals surface area contributed by atoms with E-state index in [9.17, 15) is 14.4 Å². The number of hydrogen-bond acceptors (Lipinski definition) is 8. The van der Waals surface area contributed by atoms with Crippen LogP contribution >= 0.6 is 0 Å². The number of carbonyl (C=O) groups is 3. The molecule has 1 aromatic carbocycles. The third-order valence-electron chi connectivity index (χ3n) is 5.26. The molecule has 0 aliphatic heterocycles. The predicted molar refractivity (Wildman–Crippen MR) is 119 cm³/mol. The van der Waals surface area contributed by atoms with Crippen LogP contribution in [0.3, 0.4) is 0 Å². The number of benzene rings is 1. The van der Waals surface area contributed by atoms with E-state index in [1.165, 1.54) is 21.3 Å². The molecule has 0 bridgehead atoms. The number of carbonyl (C=O) groups excluding carboxylic acids is 3. The summed E-state index contributed by atoms with van der Waals surface area (Å²) < 4.78 is 26.2. The summed E-state index contributed by atoms with van der Waals surface area (Å²) >= 11 is 0. The van der Waals surface area contributed by atoms with Crippen LogP contribution in [0.2, 0.25) is 0 Å². The Bertz CT molecular complexity index is 728. The van der Waals surface area contributed by atoms with Gasteiger partial charge in [-0.05, 0) is 65.5 Å². The van der Waals surface area contributed by atoms with Crippen LogP contribution in [0.25, 0.3) is 0 Å². The summed E-state index contributed by atoms with van der Waals surface area (Å²) in [6.07, 6.45) is 2.33. The Morgan fingerprint density at radius 3 is 1.47 bits per heavy atom. The summed E-state index contributed by atoms with van der Waals surface area (Å²) in [5.74, 6) is -0.433. The minimum atomic E-state index is -0.619. The molecule has 8 nitrogen and oxygen atoms in total. The van der Waals surface area contributed by atoms with Gasteiger partial charge in [-0.15, -0.1) is 0 Å². The van der Waals surface area contributed by atoms with Gasteiger partial charge in [-0.2, -0.15) is 0 Å². The van der Waals surface area contributed by atoms with Crippen LogP contribution in [0.1, 0.15) is 63.7 Å². The first kappa shape index (κ1) is 27.3. The number of methoxy groups -OCH3 is 3. The molecule has 0 aliphatic rings. The molecule has 0 radical (unpaired) electrons. The average molecular weight is 453 g/mol. The highest BCUT2D eigenvalue weighted by Gasteiger charge is 2.29. The molecular formula is C24H36O8.